The predicted octanol–water partition coefficient (Wildman–Crippen LogP) is 3.67. The molecule has 2 heterocycles. The Kier molecular flexibility index (Phi) is 4.90. The van der Waals surface area contributed by atoms with Crippen LogP contribution in [-0.2, 0) is 6.54 Å². The lowest BCUT2D eigenvalue weighted by Gasteiger charge is -2.06. The minimum atomic E-state index is -0.269. The summed E-state index contributed by atoms with van der Waals surface area (Å²) in [7, 11) is 1.60. The quantitative estimate of drug-likeness (QED) is 0.513. The van der Waals surface area contributed by atoms with Crippen LogP contribution in [-0.4, -0.2) is 27.0 Å². The molecule has 0 radical (unpaired) electrons. The molecule has 0 saturated carbocycles. The van der Waals surface area contributed by atoms with Gasteiger partial charge in [0.1, 0.15) is 12.3 Å². The number of rotatable bonds is 5. The van der Waals surface area contributed by atoms with Crippen LogP contribution >= 0.6 is 11.6 Å². The van der Waals surface area contributed by atoms with Crippen molar-refractivity contribution in [2.24, 2.45) is 0 Å². The van der Waals surface area contributed by atoms with E-state index in [1.807, 2.05) is 30.3 Å². The van der Waals surface area contributed by atoms with Crippen LogP contribution < -0.4 is 10.3 Å². The molecule has 0 atom stereocenters. The van der Waals surface area contributed by atoms with Gasteiger partial charge in [-0.25, -0.2) is 4.68 Å². The van der Waals surface area contributed by atoms with E-state index in [1.54, 1.807) is 31.4 Å². The molecule has 2 aromatic heterocycles. The molecule has 0 amide bonds. The Morgan fingerprint density at radius 2 is 1.89 bits per heavy atom. The number of ether oxygens (including phenoxy) is 1. The smallest absolute Gasteiger partial charge is 0.267 e. The van der Waals surface area contributed by atoms with Crippen molar-refractivity contribution in [3.8, 4) is 28.4 Å². The fourth-order valence-electron chi connectivity index (χ4n) is 2.69. The fourth-order valence-corrected chi connectivity index (χ4v) is 2.88. The minimum absolute atomic E-state index is 0.0597. The Hall–Kier alpha value is -3.45. The molecule has 4 rings (SSSR count). The molecule has 0 aliphatic carbocycles. The lowest BCUT2D eigenvalue weighted by Crippen LogP contribution is -2.23. The summed E-state index contributed by atoms with van der Waals surface area (Å²) < 4.78 is 11.8. The van der Waals surface area contributed by atoms with Crippen molar-refractivity contribution in [3.63, 3.8) is 0 Å². The molecule has 0 bridgehead atoms. The third kappa shape index (κ3) is 3.79. The monoisotopic (exact) mass is 394 g/mol. The third-order valence-electron chi connectivity index (χ3n) is 4.07. The summed E-state index contributed by atoms with van der Waals surface area (Å²) in [6, 6.07) is 17.7. The molecule has 0 saturated heterocycles. The molecule has 0 aliphatic rings. The number of benzene rings is 2. The van der Waals surface area contributed by atoms with Crippen molar-refractivity contribution < 1.29 is 9.26 Å². The summed E-state index contributed by atoms with van der Waals surface area (Å²) in [5.74, 6) is 1.38. The second kappa shape index (κ2) is 7.66. The molecule has 2 aromatic carbocycles. The van der Waals surface area contributed by atoms with E-state index in [2.05, 4.69) is 15.2 Å². The molecule has 8 heteroatoms. The predicted molar refractivity (Wildman–Crippen MR) is 104 cm³/mol. The van der Waals surface area contributed by atoms with Gasteiger partial charge in [-0.2, -0.15) is 10.1 Å². The lowest BCUT2D eigenvalue weighted by molar-refractivity contribution is 0.363. The highest BCUT2D eigenvalue weighted by Gasteiger charge is 2.12. The van der Waals surface area contributed by atoms with E-state index in [0.29, 0.717) is 22.3 Å². The standard InChI is InChI=1S/C20H15ClN4O3/c1-27-16-7-3-4-13(11-16)17-8-9-19(26)25(23-17)12-18-22-20(24-28-18)14-5-2-6-15(21)10-14/h2-11H,12H2,1H3. The molecule has 0 N–H and O–H groups in total. The van der Waals surface area contributed by atoms with Crippen LogP contribution in [0, 0.1) is 0 Å². The van der Waals surface area contributed by atoms with E-state index in [0.717, 1.165) is 11.1 Å². The maximum Gasteiger partial charge on any atom is 0.267 e. The Morgan fingerprint density at radius 3 is 2.71 bits per heavy atom. The number of hydrogen-bond donors (Lipinski definition) is 0. The van der Waals surface area contributed by atoms with Gasteiger partial charge in [-0.05, 0) is 30.3 Å². The lowest BCUT2D eigenvalue weighted by atomic mass is 10.1. The van der Waals surface area contributed by atoms with Crippen LogP contribution in [0.1, 0.15) is 5.89 Å². The second-order valence-electron chi connectivity index (χ2n) is 5.97. The van der Waals surface area contributed by atoms with Crippen LogP contribution in [0.25, 0.3) is 22.6 Å². The molecule has 28 heavy (non-hydrogen) atoms. The fraction of sp³-hybridized carbons (Fsp3) is 0.100. The third-order valence-corrected chi connectivity index (χ3v) is 4.30. The first kappa shape index (κ1) is 17.9. The van der Waals surface area contributed by atoms with Gasteiger partial charge in [0.05, 0.1) is 12.8 Å². The largest absolute Gasteiger partial charge is 0.497 e. The first-order valence-corrected chi connectivity index (χ1v) is 8.81. The van der Waals surface area contributed by atoms with Crippen molar-refractivity contribution in [2.75, 3.05) is 7.11 Å². The normalized spacial score (nSPS) is 10.8. The van der Waals surface area contributed by atoms with Gasteiger partial charge in [0.15, 0.2) is 0 Å². The van der Waals surface area contributed by atoms with Crippen molar-refractivity contribution in [2.45, 2.75) is 6.54 Å². The van der Waals surface area contributed by atoms with Crippen LogP contribution in [0.3, 0.4) is 0 Å². The van der Waals surface area contributed by atoms with Crippen LogP contribution in [0.15, 0.2) is 70.0 Å². The Morgan fingerprint density at radius 1 is 1.07 bits per heavy atom. The maximum absolute atomic E-state index is 12.2. The zero-order valence-electron chi connectivity index (χ0n) is 14.9. The van der Waals surface area contributed by atoms with Gasteiger partial charge in [0, 0.05) is 22.2 Å². The van der Waals surface area contributed by atoms with Crippen molar-refractivity contribution >= 4 is 11.6 Å². The zero-order valence-corrected chi connectivity index (χ0v) is 15.6. The van der Waals surface area contributed by atoms with Gasteiger partial charge in [-0.15, -0.1) is 0 Å². The summed E-state index contributed by atoms with van der Waals surface area (Å²) in [4.78, 5) is 16.6. The number of nitrogens with zero attached hydrogens (tertiary/aromatic N) is 4. The van der Waals surface area contributed by atoms with Gasteiger partial charge in [0.25, 0.3) is 5.56 Å². The highest BCUT2D eigenvalue weighted by Crippen LogP contribution is 2.22. The molecule has 0 unspecified atom stereocenters. The van der Waals surface area contributed by atoms with Crippen molar-refractivity contribution in [1.29, 1.82) is 0 Å². The summed E-state index contributed by atoms with van der Waals surface area (Å²) in [5, 5.41) is 8.94. The van der Waals surface area contributed by atoms with E-state index in [1.165, 1.54) is 10.7 Å². The Labute approximate surface area is 165 Å². The van der Waals surface area contributed by atoms with Gasteiger partial charge < -0.3 is 9.26 Å². The topological polar surface area (TPSA) is 83.0 Å². The average Bonchev–Trinajstić information content (AvgIpc) is 3.18. The minimum Gasteiger partial charge on any atom is -0.497 e. The first-order valence-electron chi connectivity index (χ1n) is 8.43. The van der Waals surface area contributed by atoms with Crippen LogP contribution in [0.4, 0.5) is 0 Å². The van der Waals surface area contributed by atoms with Crippen LogP contribution in [0.5, 0.6) is 5.75 Å². The van der Waals surface area contributed by atoms with Crippen molar-refractivity contribution in [3.05, 3.63) is 81.9 Å². The summed E-state index contributed by atoms with van der Waals surface area (Å²) in [6.07, 6.45) is 0. The first-order chi connectivity index (χ1) is 13.6. The van der Waals surface area contributed by atoms with Crippen LogP contribution in [0.2, 0.25) is 5.02 Å². The highest BCUT2D eigenvalue weighted by atomic mass is 35.5. The molecule has 0 fully saturated rings. The Bertz CT molecular complexity index is 1190. The number of methoxy groups -OCH3 is 1. The van der Waals surface area contributed by atoms with E-state index in [-0.39, 0.29) is 18.0 Å². The zero-order chi connectivity index (χ0) is 19.5. The number of hydrogen-bond acceptors (Lipinski definition) is 6. The summed E-state index contributed by atoms with van der Waals surface area (Å²) in [5.41, 5.74) is 1.92. The second-order valence-corrected chi connectivity index (χ2v) is 6.40. The van der Waals surface area contributed by atoms with Gasteiger partial charge in [-0.1, -0.05) is 41.0 Å². The van der Waals surface area contributed by atoms with E-state index >= 15 is 0 Å². The maximum atomic E-state index is 12.2. The highest BCUT2D eigenvalue weighted by molar-refractivity contribution is 6.30. The van der Waals surface area contributed by atoms with Gasteiger partial charge in [-0.3, -0.25) is 4.79 Å². The van der Waals surface area contributed by atoms with E-state index < -0.39 is 0 Å². The number of aromatic nitrogens is 4. The van der Waals surface area contributed by atoms with Gasteiger partial charge >= 0.3 is 0 Å². The molecular weight excluding hydrogens is 380 g/mol. The summed E-state index contributed by atoms with van der Waals surface area (Å²) >= 11 is 6.00. The molecule has 140 valence electrons. The van der Waals surface area contributed by atoms with Gasteiger partial charge in [0.2, 0.25) is 11.7 Å². The van der Waals surface area contributed by atoms with Crippen molar-refractivity contribution in [1.82, 2.24) is 19.9 Å². The average molecular weight is 395 g/mol. The molecule has 4 aromatic rings. The SMILES string of the molecule is COc1cccc(-c2ccc(=O)n(Cc3nc(-c4cccc(Cl)c4)no3)n2)c1. The molecule has 0 spiro atoms. The number of halogens is 1. The molecule has 0 aliphatic heterocycles. The molecular formula is C20H15ClN4O3. The Balaban J connectivity index is 1.62. The van der Waals surface area contributed by atoms with E-state index in [4.69, 9.17) is 20.9 Å². The van der Waals surface area contributed by atoms with E-state index in [9.17, 15) is 4.79 Å². The summed E-state index contributed by atoms with van der Waals surface area (Å²) in [6.45, 7) is 0.0597. The molecule has 7 nitrogen and oxygen atoms in total.